The number of nitrogens with two attached hydrogens (primary N) is 1. The van der Waals surface area contributed by atoms with E-state index in [1.165, 1.54) is 6.33 Å². The highest BCUT2D eigenvalue weighted by molar-refractivity contribution is 7.99. The fourth-order valence-electron chi connectivity index (χ4n) is 3.24. The van der Waals surface area contributed by atoms with Crippen molar-refractivity contribution in [3.63, 3.8) is 0 Å². The molecule has 0 saturated carbocycles. The molecule has 6 nitrogen and oxygen atoms in total. The number of rotatable bonds is 4. The van der Waals surface area contributed by atoms with Gasteiger partial charge in [-0.05, 0) is 51.6 Å². The van der Waals surface area contributed by atoms with E-state index in [-0.39, 0.29) is 6.04 Å². The molecule has 1 aromatic carbocycles. The molecule has 0 fully saturated rings. The summed E-state index contributed by atoms with van der Waals surface area (Å²) in [5.41, 5.74) is 9.20. The third-order valence-corrected chi connectivity index (χ3v) is 5.44. The summed E-state index contributed by atoms with van der Waals surface area (Å²) in [5.74, 6) is 0.504. The van der Waals surface area contributed by atoms with Gasteiger partial charge in [0.15, 0.2) is 5.16 Å². The standard InChI is InChI=1S/C19H22N6S/c1-11(2)24-9-15(16-17(20)21-10-22-18(16)24)26-19-23-13-7-5-6-8-14(13)25(19)12(3)4/h5-12H,1-4H3,(H2,20,21,22). The number of nitrogens with zero attached hydrogens (tertiary/aromatic N) is 5. The smallest absolute Gasteiger partial charge is 0.174 e. The number of fused-ring (bicyclic) bond motifs is 2. The molecule has 0 atom stereocenters. The zero-order valence-electron chi connectivity index (χ0n) is 15.3. The predicted octanol–water partition coefficient (Wildman–Crippen LogP) is 4.68. The Morgan fingerprint density at radius 2 is 1.81 bits per heavy atom. The molecule has 4 aromatic rings. The van der Waals surface area contributed by atoms with E-state index in [1.54, 1.807) is 11.8 Å². The highest BCUT2D eigenvalue weighted by Crippen LogP contribution is 2.39. The molecular weight excluding hydrogens is 344 g/mol. The monoisotopic (exact) mass is 366 g/mol. The fraction of sp³-hybridized carbons (Fsp3) is 0.316. The number of benzene rings is 1. The van der Waals surface area contributed by atoms with Gasteiger partial charge in [-0.1, -0.05) is 12.1 Å². The van der Waals surface area contributed by atoms with Crippen molar-refractivity contribution in [2.24, 2.45) is 0 Å². The Kier molecular flexibility index (Phi) is 4.11. The molecule has 0 unspecified atom stereocenters. The lowest BCUT2D eigenvalue weighted by molar-refractivity contribution is 0.566. The number of hydrogen-bond donors (Lipinski definition) is 1. The van der Waals surface area contributed by atoms with Crippen LogP contribution in [0.4, 0.5) is 5.82 Å². The molecule has 7 heteroatoms. The number of imidazole rings is 1. The van der Waals surface area contributed by atoms with Crippen molar-refractivity contribution in [1.29, 1.82) is 0 Å². The maximum absolute atomic E-state index is 6.19. The maximum atomic E-state index is 6.19. The minimum atomic E-state index is 0.282. The van der Waals surface area contributed by atoms with Crippen molar-refractivity contribution in [2.75, 3.05) is 5.73 Å². The molecule has 0 bridgehead atoms. The summed E-state index contributed by atoms with van der Waals surface area (Å²) in [6, 6.07) is 8.81. The minimum Gasteiger partial charge on any atom is -0.383 e. The van der Waals surface area contributed by atoms with Gasteiger partial charge in [-0.3, -0.25) is 0 Å². The Bertz CT molecular complexity index is 1090. The van der Waals surface area contributed by atoms with E-state index in [0.29, 0.717) is 11.9 Å². The second-order valence-electron chi connectivity index (χ2n) is 6.90. The molecule has 0 aliphatic carbocycles. The summed E-state index contributed by atoms with van der Waals surface area (Å²) in [6.45, 7) is 8.62. The van der Waals surface area contributed by atoms with Gasteiger partial charge >= 0.3 is 0 Å². The highest BCUT2D eigenvalue weighted by atomic mass is 32.2. The maximum Gasteiger partial charge on any atom is 0.174 e. The second kappa shape index (κ2) is 6.32. The Hall–Kier alpha value is -2.54. The number of hydrogen-bond acceptors (Lipinski definition) is 5. The molecule has 26 heavy (non-hydrogen) atoms. The van der Waals surface area contributed by atoms with Crippen molar-refractivity contribution >= 4 is 39.6 Å². The summed E-state index contributed by atoms with van der Waals surface area (Å²) in [4.78, 5) is 14.5. The van der Waals surface area contributed by atoms with Crippen molar-refractivity contribution in [3.8, 4) is 0 Å². The van der Waals surface area contributed by atoms with E-state index in [4.69, 9.17) is 10.7 Å². The van der Waals surface area contributed by atoms with Gasteiger partial charge in [0, 0.05) is 23.2 Å². The minimum absolute atomic E-state index is 0.282. The lowest BCUT2D eigenvalue weighted by Gasteiger charge is -2.12. The molecule has 0 radical (unpaired) electrons. The van der Waals surface area contributed by atoms with Gasteiger partial charge in [0.25, 0.3) is 0 Å². The third kappa shape index (κ3) is 2.63. The van der Waals surface area contributed by atoms with Crippen LogP contribution in [-0.4, -0.2) is 24.1 Å². The van der Waals surface area contributed by atoms with Crippen molar-refractivity contribution in [2.45, 2.75) is 49.8 Å². The molecule has 2 N–H and O–H groups in total. The SMILES string of the molecule is CC(C)n1cc(Sc2nc3ccccc3n2C(C)C)c2c(N)ncnc21. The van der Waals surface area contributed by atoms with Gasteiger partial charge in [-0.25, -0.2) is 15.0 Å². The van der Waals surface area contributed by atoms with E-state index in [2.05, 4.69) is 59.1 Å². The molecular formula is C19H22N6S. The molecule has 0 spiro atoms. The lowest BCUT2D eigenvalue weighted by Crippen LogP contribution is -2.02. The van der Waals surface area contributed by atoms with Crippen LogP contribution in [0.5, 0.6) is 0 Å². The van der Waals surface area contributed by atoms with Crippen LogP contribution in [0.1, 0.15) is 39.8 Å². The number of anilines is 1. The molecule has 3 aromatic heterocycles. The fourth-order valence-corrected chi connectivity index (χ4v) is 4.45. The van der Waals surface area contributed by atoms with Gasteiger partial charge in [0.2, 0.25) is 0 Å². The summed E-state index contributed by atoms with van der Waals surface area (Å²) in [6.07, 6.45) is 3.63. The Morgan fingerprint density at radius 1 is 1.04 bits per heavy atom. The summed E-state index contributed by atoms with van der Waals surface area (Å²) >= 11 is 1.62. The van der Waals surface area contributed by atoms with Crippen molar-refractivity contribution < 1.29 is 0 Å². The van der Waals surface area contributed by atoms with Gasteiger partial charge in [-0.2, -0.15) is 0 Å². The molecule has 0 aliphatic heterocycles. The average Bonchev–Trinajstić information content (AvgIpc) is 3.14. The van der Waals surface area contributed by atoms with Crippen LogP contribution in [0.3, 0.4) is 0 Å². The first-order valence-electron chi connectivity index (χ1n) is 8.73. The Balaban J connectivity index is 1.91. The second-order valence-corrected chi connectivity index (χ2v) is 7.91. The summed E-state index contributed by atoms with van der Waals surface area (Å²) in [5, 5.41) is 1.85. The molecule has 0 amide bonds. The van der Waals surface area contributed by atoms with Crippen LogP contribution >= 0.6 is 11.8 Å². The Morgan fingerprint density at radius 3 is 2.54 bits per heavy atom. The topological polar surface area (TPSA) is 74.5 Å². The molecule has 134 valence electrons. The average molecular weight is 366 g/mol. The first-order valence-corrected chi connectivity index (χ1v) is 9.55. The van der Waals surface area contributed by atoms with Crippen LogP contribution in [0, 0.1) is 0 Å². The molecule has 0 saturated heterocycles. The van der Waals surface area contributed by atoms with Gasteiger partial charge in [0.1, 0.15) is 17.8 Å². The number of para-hydroxylation sites is 2. The third-order valence-electron chi connectivity index (χ3n) is 4.44. The van der Waals surface area contributed by atoms with Crippen LogP contribution in [0.15, 0.2) is 46.8 Å². The van der Waals surface area contributed by atoms with E-state index in [9.17, 15) is 0 Å². The van der Waals surface area contributed by atoms with Gasteiger partial charge in [0.05, 0.1) is 16.4 Å². The van der Waals surface area contributed by atoms with Crippen LogP contribution in [0.2, 0.25) is 0 Å². The number of nitrogen functional groups attached to an aromatic ring is 1. The summed E-state index contributed by atoms with van der Waals surface area (Å²) in [7, 11) is 0. The number of aromatic nitrogens is 5. The van der Waals surface area contributed by atoms with E-state index < -0.39 is 0 Å². The quantitative estimate of drug-likeness (QED) is 0.568. The van der Waals surface area contributed by atoms with E-state index in [0.717, 1.165) is 32.1 Å². The van der Waals surface area contributed by atoms with Crippen molar-refractivity contribution in [3.05, 3.63) is 36.8 Å². The van der Waals surface area contributed by atoms with Crippen molar-refractivity contribution in [1.82, 2.24) is 24.1 Å². The molecule has 3 heterocycles. The molecule has 0 aliphatic rings. The first kappa shape index (κ1) is 16.9. The highest BCUT2D eigenvalue weighted by Gasteiger charge is 2.20. The summed E-state index contributed by atoms with van der Waals surface area (Å²) < 4.78 is 4.40. The first-order chi connectivity index (χ1) is 12.5. The zero-order valence-corrected chi connectivity index (χ0v) is 16.2. The van der Waals surface area contributed by atoms with Gasteiger partial charge < -0.3 is 14.9 Å². The largest absolute Gasteiger partial charge is 0.383 e. The van der Waals surface area contributed by atoms with Crippen LogP contribution in [-0.2, 0) is 0 Å². The van der Waals surface area contributed by atoms with Crippen LogP contribution < -0.4 is 5.73 Å². The predicted molar refractivity (Wildman–Crippen MR) is 107 cm³/mol. The molecule has 4 rings (SSSR count). The normalized spacial score (nSPS) is 12.1. The van der Waals surface area contributed by atoms with Gasteiger partial charge in [-0.15, -0.1) is 0 Å². The lowest BCUT2D eigenvalue weighted by atomic mass is 10.3. The Labute approximate surface area is 156 Å². The van der Waals surface area contributed by atoms with E-state index >= 15 is 0 Å². The zero-order chi connectivity index (χ0) is 18.4. The van der Waals surface area contributed by atoms with Crippen LogP contribution in [0.25, 0.3) is 22.1 Å². The van der Waals surface area contributed by atoms with E-state index in [1.807, 2.05) is 18.2 Å².